The Morgan fingerprint density at radius 2 is 2.08 bits per heavy atom. The molecule has 0 radical (unpaired) electrons. The summed E-state index contributed by atoms with van der Waals surface area (Å²) in [4.78, 5) is 22.8. The molecule has 0 saturated heterocycles. The van der Waals surface area contributed by atoms with Crippen LogP contribution in [0.5, 0.6) is 0 Å². The number of hydrogen-bond acceptors (Lipinski definition) is 6. The van der Waals surface area contributed by atoms with Gasteiger partial charge in [-0.2, -0.15) is 0 Å². The highest BCUT2D eigenvalue weighted by Crippen LogP contribution is 2.27. The zero-order valence-corrected chi connectivity index (χ0v) is 13.5. The van der Waals surface area contributed by atoms with Crippen molar-refractivity contribution < 1.29 is 14.3 Å². The molecule has 2 N–H and O–H groups in total. The Morgan fingerprint density at radius 1 is 1.25 bits per heavy atom. The summed E-state index contributed by atoms with van der Waals surface area (Å²) in [5.41, 5.74) is 3.27. The van der Waals surface area contributed by atoms with Gasteiger partial charge in [-0.15, -0.1) is 10.2 Å². The highest BCUT2D eigenvalue weighted by molar-refractivity contribution is 5.93. The fraction of sp³-hybridized carbons (Fsp3) is 0.294. The number of nitrogens with zero attached hydrogens (tertiary/aromatic N) is 2. The molecular weight excluding hydrogens is 308 g/mol. The zero-order chi connectivity index (χ0) is 17.1. The molecule has 0 spiro atoms. The maximum Gasteiger partial charge on any atom is 0.358 e. The van der Waals surface area contributed by atoms with E-state index in [1.807, 2.05) is 19.1 Å². The van der Waals surface area contributed by atoms with Crippen molar-refractivity contribution in [1.82, 2.24) is 10.2 Å². The van der Waals surface area contributed by atoms with Crippen molar-refractivity contribution in [1.29, 1.82) is 0 Å². The molecule has 7 nitrogen and oxygen atoms in total. The second-order valence-electron chi connectivity index (χ2n) is 5.63. The number of amides is 1. The Balaban J connectivity index is 1.72. The van der Waals surface area contributed by atoms with Gasteiger partial charge in [0.15, 0.2) is 5.69 Å². The van der Waals surface area contributed by atoms with Crippen LogP contribution in [0.4, 0.5) is 11.5 Å². The molecule has 1 aliphatic heterocycles. The van der Waals surface area contributed by atoms with Crippen molar-refractivity contribution >= 4 is 23.4 Å². The van der Waals surface area contributed by atoms with Crippen molar-refractivity contribution in [3.8, 4) is 0 Å². The Hall–Kier alpha value is -2.96. The number of hydrogen-bond donors (Lipinski definition) is 2. The molecule has 0 saturated carbocycles. The molecule has 3 rings (SSSR count). The zero-order valence-electron chi connectivity index (χ0n) is 13.5. The van der Waals surface area contributed by atoms with E-state index < -0.39 is 5.97 Å². The van der Waals surface area contributed by atoms with E-state index in [2.05, 4.69) is 31.6 Å². The summed E-state index contributed by atoms with van der Waals surface area (Å²) >= 11 is 0. The van der Waals surface area contributed by atoms with Gasteiger partial charge >= 0.3 is 5.97 Å². The fourth-order valence-corrected chi connectivity index (χ4v) is 2.60. The third kappa shape index (κ3) is 3.34. The maximum atomic E-state index is 11.4. The van der Waals surface area contributed by atoms with Crippen LogP contribution in [0.15, 0.2) is 30.3 Å². The molecule has 0 bridgehead atoms. The van der Waals surface area contributed by atoms with Crippen molar-refractivity contribution in [2.45, 2.75) is 25.8 Å². The molecule has 1 amide bonds. The minimum atomic E-state index is -0.515. The van der Waals surface area contributed by atoms with Gasteiger partial charge in [0.25, 0.3) is 0 Å². The first kappa shape index (κ1) is 15.9. The minimum absolute atomic E-state index is 0.00575. The molecule has 0 aliphatic carbocycles. The highest BCUT2D eigenvalue weighted by Gasteiger charge is 2.16. The SMILES string of the molecule is COC(=O)c1ccc(N[C@@H](C)c2ccc3c(c2)CCC(=O)N3)nn1. The topological polar surface area (TPSA) is 93.2 Å². The third-order valence-electron chi connectivity index (χ3n) is 3.95. The second-order valence-corrected chi connectivity index (χ2v) is 5.63. The number of carbonyl (C=O) groups excluding carboxylic acids is 2. The van der Waals surface area contributed by atoms with Gasteiger partial charge in [-0.3, -0.25) is 4.79 Å². The number of esters is 1. The number of anilines is 2. The summed E-state index contributed by atoms with van der Waals surface area (Å²) in [7, 11) is 1.30. The van der Waals surface area contributed by atoms with E-state index in [-0.39, 0.29) is 17.6 Å². The fourth-order valence-electron chi connectivity index (χ4n) is 2.60. The van der Waals surface area contributed by atoms with E-state index in [1.165, 1.54) is 7.11 Å². The summed E-state index contributed by atoms with van der Waals surface area (Å²) in [6, 6.07) is 9.24. The number of fused-ring (bicyclic) bond motifs is 1. The van der Waals surface area contributed by atoms with E-state index >= 15 is 0 Å². The van der Waals surface area contributed by atoms with Crippen LogP contribution in [-0.2, 0) is 16.0 Å². The number of aryl methyl sites for hydroxylation is 1. The molecular formula is C17H18N4O3. The summed E-state index contributed by atoms with van der Waals surface area (Å²) in [6.07, 6.45) is 1.26. The van der Waals surface area contributed by atoms with Crippen LogP contribution >= 0.6 is 0 Å². The molecule has 24 heavy (non-hydrogen) atoms. The standard InChI is InChI=1S/C17H18N4O3/c1-10(18-15-7-6-14(20-21-15)17(23)24-2)11-3-5-13-12(9-11)4-8-16(22)19-13/h3,5-7,9-10H,4,8H2,1-2H3,(H,18,21)(H,19,22)/t10-/m0/s1. The molecule has 1 aliphatic rings. The van der Waals surface area contributed by atoms with E-state index in [1.54, 1.807) is 12.1 Å². The van der Waals surface area contributed by atoms with Gasteiger partial charge < -0.3 is 15.4 Å². The number of methoxy groups -OCH3 is 1. The number of carbonyl (C=O) groups is 2. The van der Waals surface area contributed by atoms with Crippen LogP contribution in [0.1, 0.15) is 41.0 Å². The van der Waals surface area contributed by atoms with Gasteiger partial charge in [0.05, 0.1) is 13.2 Å². The molecule has 0 fully saturated rings. The van der Waals surface area contributed by atoms with E-state index in [9.17, 15) is 9.59 Å². The summed E-state index contributed by atoms with van der Waals surface area (Å²) in [5, 5.41) is 13.9. The van der Waals surface area contributed by atoms with Crippen molar-refractivity contribution in [2.24, 2.45) is 0 Å². The van der Waals surface area contributed by atoms with Crippen molar-refractivity contribution in [3.63, 3.8) is 0 Å². The average molecular weight is 326 g/mol. The smallest absolute Gasteiger partial charge is 0.358 e. The molecule has 1 aromatic carbocycles. The molecule has 2 aromatic rings. The number of nitrogens with one attached hydrogen (secondary N) is 2. The normalized spacial score (nSPS) is 14.3. The van der Waals surface area contributed by atoms with Gasteiger partial charge in [-0.05, 0) is 42.7 Å². The summed E-state index contributed by atoms with van der Waals surface area (Å²) in [6.45, 7) is 2.01. The first-order valence-electron chi connectivity index (χ1n) is 7.68. The predicted molar refractivity (Wildman–Crippen MR) is 88.8 cm³/mol. The number of benzene rings is 1. The van der Waals surface area contributed by atoms with Gasteiger partial charge in [0.2, 0.25) is 5.91 Å². The van der Waals surface area contributed by atoms with Crippen LogP contribution in [0.25, 0.3) is 0 Å². The lowest BCUT2D eigenvalue weighted by molar-refractivity contribution is -0.116. The van der Waals surface area contributed by atoms with Crippen LogP contribution in [0.2, 0.25) is 0 Å². The molecule has 7 heteroatoms. The summed E-state index contributed by atoms with van der Waals surface area (Å²) < 4.78 is 4.60. The summed E-state index contributed by atoms with van der Waals surface area (Å²) in [5.74, 6) is 0.113. The monoisotopic (exact) mass is 326 g/mol. The maximum absolute atomic E-state index is 11.4. The number of ether oxygens (including phenoxy) is 1. The van der Waals surface area contributed by atoms with E-state index in [4.69, 9.17) is 0 Å². The van der Waals surface area contributed by atoms with Crippen molar-refractivity contribution in [2.75, 3.05) is 17.7 Å². The average Bonchev–Trinajstić information content (AvgIpc) is 2.61. The van der Waals surface area contributed by atoms with E-state index in [0.29, 0.717) is 12.2 Å². The Kier molecular flexibility index (Phi) is 4.41. The Morgan fingerprint density at radius 3 is 2.79 bits per heavy atom. The molecule has 1 aromatic heterocycles. The lowest BCUT2D eigenvalue weighted by atomic mass is 9.98. The van der Waals surface area contributed by atoms with Crippen LogP contribution in [0, 0.1) is 0 Å². The highest BCUT2D eigenvalue weighted by atomic mass is 16.5. The Labute approximate surface area is 139 Å². The second kappa shape index (κ2) is 6.66. The number of rotatable bonds is 4. The van der Waals surface area contributed by atoms with E-state index in [0.717, 1.165) is 23.2 Å². The molecule has 1 atom stereocenters. The lowest BCUT2D eigenvalue weighted by Gasteiger charge is -2.20. The minimum Gasteiger partial charge on any atom is -0.464 e. The lowest BCUT2D eigenvalue weighted by Crippen LogP contribution is -2.19. The van der Waals surface area contributed by atoms with Gasteiger partial charge in [-0.25, -0.2) is 4.79 Å². The quantitative estimate of drug-likeness (QED) is 0.838. The first-order valence-corrected chi connectivity index (χ1v) is 7.68. The molecule has 124 valence electrons. The Bertz CT molecular complexity index is 774. The van der Waals surface area contributed by atoms with Crippen molar-refractivity contribution in [3.05, 3.63) is 47.2 Å². The van der Waals surface area contributed by atoms with Crippen LogP contribution < -0.4 is 10.6 Å². The largest absolute Gasteiger partial charge is 0.464 e. The number of aromatic nitrogens is 2. The van der Waals surface area contributed by atoms with Crippen LogP contribution in [0.3, 0.4) is 0 Å². The first-order chi connectivity index (χ1) is 11.6. The third-order valence-corrected chi connectivity index (χ3v) is 3.95. The van der Waals surface area contributed by atoms with Gasteiger partial charge in [0, 0.05) is 12.1 Å². The molecule has 2 heterocycles. The van der Waals surface area contributed by atoms with Crippen LogP contribution in [-0.4, -0.2) is 29.2 Å². The van der Waals surface area contributed by atoms with Gasteiger partial charge in [0.1, 0.15) is 5.82 Å². The van der Waals surface area contributed by atoms with Gasteiger partial charge in [-0.1, -0.05) is 12.1 Å². The predicted octanol–water partition coefficient (Wildman–Crippen LogP) is 2.32. The molecule has 0 unspecified atom stereocenters.